The van der Waals surface area contributed by atoms with Gasteiger partial charge in [-0.15, -0.1) is 0 Å². The van der Waals surface area contributed by atoms with Gasteiger partial charge in [0.15, 0.2) is 0 Å². The molecule has 2 rings (SSSR count). The minimum absolute atomic E-state index is 0.0728. The molecular formula is C20H24F7N3O6S. The highest BCUT2D eigenvalue weighted by Gasteiger charge is 2.39. The third-order valence-electron chi connectivity index (χ3n) is 4.09. The van der Waals surface area contributed by atoms with Crippen LogP contribution in [-0.2, 0) is 38.8 Å². The van der Waals surface area contributed by atoms with Crippen LogP contribution in [0.3, 0.4) is 0 Å². The van der Waals surface area contributed by atoms with Crippen LogP contribution in [0.25, 0.3) is 0 Å². The molecule has 0 unspecified atom stereocenters. The van der Waals surface area contributed by atoms with Gasteiger partial charge >= 0.3 is 24.3 Å². The van der Waals surface area contributed by atoms with E-state index < -0.39 is 39.9 Å². The molecule has 4 N–H and O–H groups in total. The number of aryl methyl sites for hydroxylation is 1. The number of halogens is 7. The topological polar surface area (TPSA) is 153 Å². The molecule has 1 heterocycles. The largest absolute Gasteiger partial charge is 0.490 e. The van der Waals surface area contributed by atoms with Gasteiger partial charge in [-0.1, -0.05) is 13.8 Å². The van der Waals surface area contributed by atoms with Crippen LogP contribution >= 0.6 is 0 Å². The summed E-state index contributed by atoms with van der Waals surface area (Å²) in [7, 11) is -3.75. The maximum Gasteiger partial charge on any atom is 0.490 e. The van der Waals surface area contributed by atoms with Crippen LogP contribution in [0.5, 0.6) is 0 Å². The first-order valence-electron chi connectivity index (χ1n) is 10.1. The molecule has 0 aliphatic carbocycles. The number of rotatable bonds is 6. The van der Waals surface area contributed by atoms with Gasteiger partial charge in [-0.2, -0.15) is 31.4 Å². The molecule has 1 atom stereocenters. The van der Waals surface area contributed by atoms with Gasteiger partial charge in [0.25, 0.3) is 0 Å². The van der Waals surface area contributed by atoms with Crippen LogP contribution in [0.15, 0.2) is 34.1 Å². The fourth-order valence-electron chi connectivity index (χ4n) is 2.58. The Balaban J connectivity index is 0.000000761. The number of hydrogen-bond donors (Lipinski definition) is 3. The van der Waals surface area contributed by atoms with Crippen molar-refractivity contribution in [2.45, 2.75) is 68.3 Å². The number of carboxylic acids is 2. The van der Waals surface area contributed by atoms with E-state index in [1.165, 1.54) is 12.1 Å². The predicted octanol–water partition coefficient (Wildman–Crippen LogP) is 3.59. The first-order chi connectivity index (χ1) is 16.7. The van der Waals surface area contributed by atoms with Crippen LogP contribution in [0.4, 0.5) is 30.7 Å². The molecule has 0 amide bonds. The second-order valence-corrected chi connectivity index (χ2v) is 9.04. The summed E-state index contributed by atoms with van der Waals surface area (Å²) in [6.07, 6.45) is -9.15. The Morgan fingerprint density at radius 3 is 1.68 bits per heavy atom. The third-order valence-corrected chi connectivity index (χ3v) is 5.99. The zero-order valence-electron chi connectivity index (χ0n) is 19.6. The lowest BCUT2D eigenvalue weighted by molar-refractivity contribution is -0.193. The number of benzene rings is 1. The molecular weight excluding hydrogens is 543 g/mol. The van der Waals surface area contributed by atoms with Gasteiger partial charge in [0.1, 0.15) is 10.7 Å². The Hall–Kier alpha value is -3.21. The predicted molar refractivity (Wildman–Crippen MR) is 114 cm³/mol. The Kier molecular flexibility index (Phi) is 12.2. The highest BCUT2D eigenvalue weighted by Crippen LogP contribution is 2.29. The van der Waals surface area contributed by atoms with E-state index in [4.69, 9.17) is 25.5 Å². The Morgan fingerprint density at radius 2 is 1.38 bits per heavy atom. The van der Waals surface area contributed by atoms with Crippen LogP contribution < -0.4 is 5.73 Å². The third kappa shape index (κ3) is 10.4. The minimum atomic E-state index is -5.08. The van der Waals surface area contributed by atoms with Crippen molar-refractivity contribution >= 4 is 21.8 Å². The van der Waals surface area contributed by atoms with E-state index in [0.717, 1.165) is 12.1 Å². The van der Waals surface area contributed by atoms with Gasteiger partial charge in [0, 0.05) is 6.04 Å². The van der Waals surface area contributed by atoms with E-state index >= 15 is 0 Å². The van der Waals surface area contributed by atoms with Crippen molar-refractivity contribution in [3.05, 3.63) is 41.5 Å². The lowest BCUT2D eigenvalue weighted by Crippen LogP contribution is -2.24. The quantitative estimate of drug-likeness (QED) is 0.354. The molecule has 2 aromatic rings. The van der Waals surface area contributed by atoms with E-state index in [2.05, 4.69) is 5.10 Å². The number of carboxylic acid groups (broad SMARTS) is 2. The van der Waals surface area contributed by atoms with E-state index in [-0.39, 0.29) is 15.8 Å². The summed E-state index contributed by atoms with van der Waals surface area (Å²) in [5.74, 6) is -5.98. The second kappa shape index (κ2) is 13.4. The molecule has 210 valence electrons. The zero-order valence-corrected chi connectivity index (χ0v) is 20.4. The standard InChI is InChI=1S/C16H22FN3O2S.2C2HF3O2/c1-4-14-16(15(5-2)20(19-14)10-11(3)18)23(21,22)13-8-6-12(17)7-9-13;2*3-2(4,5)1(6)7/h6-9,11H,4-5,10,18H2,1-3H3;2*(H,6,7)/t11-;;/m0../s1. The SMILES string of the molecule is CCc1nn(C[C@H](C)N)c(CC)c1S(=O)(=O)c1ccc(F)cc1.O=C(O)C(F)(F)F.O=C(O)C(F)(F)F. The van der Waals surface area contributed by atoms with Crippen molar-refractivity contribution in [3.63, 3.8) is 0 Å². The molecule has 0 saturated heterocycles. The minimum Gasteiger partial charge on any atom is -0.475 e. The molecule has 9 nitrogen and oxygen atoms in total. The average molecular weight is 567 g/mol. The molecule has 0 spiro atoms. The lowest BCUT2D eigenvalue weighted by Gasteiger charge is -2.10. The molecule has 0 saturated carbocycles. The van der Waals surface area contributed by atoms with Gasteiger partial charge in [-0.25, -0.2) is 22.4 Å². The molecule has 0 bridgehead atoms. The summed E-state index contributed by atoms with van der Waals surface area (Å²) in [6, 6.07) is 4.73. The number of aromatic nitrogens is 2. The molecule has 0 fully saturated rings. The molecule has 1 aromatic carbocycles. The number of sulfone groups is 1. The highest BCUT2D eigenvalue weighted by molar-refractivity contribution is 7.91. The molecule has 37 heavy (non-hydrogen) atoms. The molecule has 0 radical (unpaired) electrons. The normalized spacial score (nSPS) is 12.5. The Morgan fingerprint density at radius 1 is 0.973 bits per heavy atom. The summed E-state index contributed by atoms with van der Waals surface area (Å²) < 4.78 is 104. The van der Waals surface area contributed by atoms with E-state index in [9.17, 15) is 39.2 Å². The monoisotopic (exact) mass is 567 g/mol. The number of alkyl halides is 6. The second-order valence-electron chi connectivity index (χ2n) is 7.15. The smallest absolute Gasteiger partial charge is 0.475 e. The average Bonchev–Trinajstić information content (AvgIpc) is 3.11. The molecule has 0 aliphatic rings. The van der Waals surface area contributed by atoms with Crippen molar-refractivity contribution in [3.8, 4) is 0 Å². The van der Waals surface area contributed by atoms with Crippen LogP contribution in [0.2, 0.25) is 0 Å². The first kappa shape index (κ1) is 33.8. The molecule has 17 heteroatoms. The van der Waals surface area contributed by atoms with Gasteiger partial charge in [0.2, 0.25) is 9.84 Å². The van der Waals surface area contributed by atoms with E-state index in [1.54, 1.807) is 4.68 Å². The van der Waals surface area contributed by atoms with Crippen molar-refractivity contribution in [2.75, 3.05) is 0 Å². The Labute approximate surface area is 206 Å². The number of carbonyl (C=O) groups is 2. The van der Waals surface area contributed by atoms with Crippen molar-refractivity contribution < 1.29 is 59.0 Å². The number of nitrogens with two attached hydrogens (primary N) is 1. The number of hydrogen-bond acceptors (Lipinski definition) is 6. The summed E-state index contributed by atoms with van der Waals surface area (Å²) in [4.78, 5) is 18.1. The van der Waals surface area contributed by atoms with E-state index in [1.807, 2.05) is 20.8 Å². The van der Waals surface area contributed by atoms with Crippen LogP contribution in [0, 0.1) is 5.82 Å². The maximum absolute atomic E-state index is 13.1. The number of aliphatic carboxylic acids is 2. The van der Waals surface area contributed by atoms with Gasteiger partial charge in [-0.3, -0.25) is 4.68 Å². The highest BCUT2D eigenvalue weighted by atomic mass is 32.2. The van der Waals surface area contributed by atoms with Crippen LogP contribution in [-0.4, -0.2) is 58.7 Å². The van der Waals surface area contributed by atoms with Crippen molar-refractivity contribution in [2.24, 2.45) is 5.73 Å². The summed E-state index contributed by atoms with van der Waals surface area (Å²) >= 11 is 0. The molecule has 0 aliphatic heterocycles. The fourth-order valence-corrected chi connectivity index (χ4v) is 4.36. The lowest BCUT2D eigenvalue weighted by atomic mass is 10.2. The van der Waals surface area contributed by atoms with Crippen molar-refractivity contribution in [1.29, 1.82) is 0 Å². The van der Waals surface area contributed by atoms with Crippen LogP contribution in [0.1, 0.15) is 32.2 Å². The summed E-state index contributed by atoms with van der Waals surface area (Å²) in [5, 5.41) is 18.7. The summed E-state index contributed by atoms with van der Waals surface area (Å²) in [6.45, 7) is 6.05. The fraction of sp³-hybridized carbons (Fsp3) is 0.450. The summed E-state index contributed by atoms with van der Waals surface area (Å²) in [5.41, 5.74) is 7.00. The molecule has 1 aromatic heterocycles. The van der Waals surface area contributed by atoms with Crippen molar-refractivity contribution in [1.82, 2.24) is 9.78 Å². The maximum atomic E-state index is 13.1. The van der Waals surface area contributed by atoms with Gasteiger partial charge in [0.05, 0.1) is 22.8 Å². The van der Waals surface area contributed by atoms with Gasteiger partial charge < -0.3 is 15.9 Å². The first-order valence-corrected chi connectivity index (χ1v) is 11.6. The number of nitrogens with zero attached hydrogens (tertiary/aromatic N) is 2. The van der Waals surface area contributed by atoms with E-state index in [0.29, 0.717) is 30.8 Å². The van der Waals surface area contributed by atoms with Gasteiger partial charge in [-0.05, 0) is 44.0 Å². The Bertz CT molecular complexity index is 1130. The zero-order chi connectivity index (χ0) is 29.4.